The third-order valence-electron chi connectivity index (χ3n) is 3.89. The molecule has 0 radical (unpaired) electrons. The number of aromatic nitrogens is 1. The molecule has 0 unspecified atom stereocenters. The number of hydrogen-bond donors (Lipinski definition) is 3. The average Bonchev–Trinajstić information content (AvgIpc) is 3.21. The Morgan fingerprint density at radius 1 is 1.25 bits per heavy atom. The topological polar surface area (TPSA) is 148 Å². The fourth-order valence-electron chi connectivity index (χ4n) is 2.29. The summed E-state index contributed by atoms with van der Waals surface area (Å²) >= 11 is 1.24. The fourth-order valence-corrected chi connectivity index (χ4v) is 4.08. The molecule has 2 aromatic rings. The van der Waals surface area contributed by atoms with E-state index in [4.69, 9.17) is 19.4 Å². The van der Waals surface area contributed by atoms with E-state index in [0.29, 0.717) is 17.3 Å². The molecule has 0 aliphatic heterocycles. The van der Waals surface area contributed by atoms with Gasteiger partial charge in [0.1, 0.15) is 6.10 Å². The molecule has 3 N–H and O–H groups in total. The van der Waals surface area contributed by atoms with Crippen molar-refractivity contribution < 1.29 is 32.6 Å². The van der Waals surface area contributed by atoms with Gasteiger partial charge in [0.15, 0.2) is 10.8 Å². The number of carbonyl (C=O) groups is 1. The monoisotopic (exact) mass is 486 g/mol. The van der Waals surface area contributed by atoms with Crippen LogP contribution >= 0.6 is 11.3 Å². The zero-order chi connectivity index (χ0) is 23.6. The van der Waals surface area contributed by atoms with Crippen LogP contribution in [-0.2, 0) is 35.7 Å². The number of methoxy groups -OCH3 is 2. The van der Waals surface area contributed by atoms with Crippen LogP contribution in [0.2, 0.25) is 0 Å². The first-order valence-electron chi connectivity index (χ1n) is 9.49. The van der Waals surface area contributed by atoms with Crippen LogP contribution in [0.25, 0.3) is 0 Å². The lowest BCUT2D eigenvalue weighted by molar-refractivity contribution is -0.110. The molecule has 1 aromatic heterocycles. The Hall–Kier alpha value is -2.42. The maximum atomic E-state index is 12.8. The summed E-state index contributed by atoms with van der Waals surface area (Å²) in [7, 11) is -0.705. The molecule has 0 aliphatic carbocycles. The fraction of sp³-hybridized carbons (Fsp3) is 0.421. The highest BCUT2D eigenvalue weighted by molar-refractivity contribution is 7.89. The van der Waals surface area contributed by atoms with E-state index in [1.165, 1.54) is 42.7 Å². The van der Waals surface area contributed by atoms with Gasteiger partial charge in [-0.05, 0) is 19.1 Å². The van der Waals surface area contributed by atoms with E-state index in [9.17, 15) is 13.2 Å². The van der Waals surface area contributed by atoms with Gasteiger partial charge in [-0.1, -0.05) is 28.6 Å². The van der Waals surface area contributed by atoms with Gasteiger partial charge in [-0.15, -0.1) is 0 Å². The lowest BCUT2D eigenvalue weighted by Gasteiger charge is -2.11. The number of nitrogens with zero attached hydrogens (tertiary/aromatic N) is 2. The second-order valence-corrected chi connectivity index (χ2v) is 9.35. The van der Waals surface area contributed by atoms with E-state index in [-0.39, 0.29) is 30.4 Å². The van der Waals surface area contributed by atoms with Gasteiger partial charge in [0.05, 0.1) is 29.6 Å². The molecule has 0 aliphatic rings. The van der Waals surface area contributed by atoms with E-state index >= 15 is 0 Å². The lowest BCUT2D eigenvalue weighted by Crippen LogP contribution is -2.27. The van der Waals surface area contributed by atoms with E-state index in [1.807, 2.05) is 0 Å². The molecule has 13 heteroatoms. The molecule has 0 bridgehead atoms. The highest BCUT2D eigenvalue weighted by atomic mass is 32.2. The number of nitrogens with one attached hydrogen (secondary N) is 2. The Morgan fingerprint density at radius 3 is 2.59 bits per heavy atom. The number of rotatable bonds is 13. The van der Waals surface area contributed by atoms with Crippen molar-refractivity contribution in [2.75, 3.05) is 39.3 Å². The van der Waals surface area contributed by atoms with Crippen LogP contribution in [0.3, 0.4) is 0 Å². The lowest BCUT2D eigenvalue weighted by atomic mass is 10.1. The first kappa shape index (κ1) is 25.8. The zero-order valence-electron chi connectivity index (χ0n) is 17.9. The number of thiazole rings is 1. The van der Waals surface area contributed by atoms with Crippen molar-refractivity contribution in [2.24, 2.45) is 5.16 Å². The van der Waals surface area contributed by atoms with Gasteiger partial charge in [0, 0.05) is 32.5 Å². The number of oxime groups is 1. The molecule has 0 spiro atoms. The molecular formula is C19H26N4O7S2. The van der Waals surface area contributed by atoms with Gasteiger partial charge >= 0.3 is 0 Å². The summed E-state index contributed by atoms with van der Waals surface area (Å²) in [5.41, 5.74) is 0.210. The van der Waals surface area contributed by atoms with Crippen LogP contribution in [0.5, 0.6) is 0 Å². The van der Waals surface area contributed by atoms with Crippen molar-refractivity contribution in [3.8, 4) is 0 Å². The van der Waals surface area contributed by atoms with Crippen LogP contribution in [0, 0.1) is 0 Å². The van der Waals surface area contributed by atoms with Crippen LogP contribution in [0.15, 0.2) is 40.5 Å². The van der Waals surface area contributed by atoms with Crippen LogP contribution in [-0.4, -0.2) is 70.2 Å². The molecule has 0 saturated heterocycles. The van der Waals surface area contributed by atoms with E-state index in [0.717, 1.165) is 4.88 Å². The number of ether oxygens (including phenoxy) is 2. The maximum absolute atomic E-state index is 12.8. The first-order valence-corrected chi connectivity index (χ1v) is 11.8. The van der Waals surface area contributed by atoms with Crippen molar-refractivity contribution in [1.29, 1.82) is 0 Å². The van der Waals surface area contributed by atoms with Crippen molar-refractivity contribution in [2.45, 2.75) is 24.5 Å². The average molecular weight is 487 g/mol. The molecule has 32 heavy (non-hydrogen) atoms. The van der Waals surface area contributed by atoms with Gasteiger partial charge in [-0.3, -0.25) is 10.1 Å². The number of sulfonamides is 1. The number of hydrogen-bond acceptors (Lipinski definition) is 10. The van der Waals surface area contributed by atoms with Crippen LogP contribution in [0.4, 0.5) is 5.13 Å². The van der Waals surface area contributed by atoms with Gasteiger partial charge in [0.2, 0.25) is 10.0 Å². The predicted octanol–water partition coefficient (Wildman–Crippen LogP) is 0.954. The minimum Gasteiger partial charge on any atom is -0.392 e. The number of benzene rings is 1. The first-order chi connectivity index (χ1) is 15.3. The predicted molar refractivity (Wildman–Crippen MR) is 119 cm³/mol. The summed E-state index contributed by atoms with van der Waals surface area (Å²) in [4.78, 5) is 23.0. The SMILES string of the molecule is COCCNS(=O)(=O)c1ccc(/C(=N\O[C@H](C)CO)C(=O)Nc2ncc(COC)s2)cc1. The van der Waals surface area contributed by atoms with Gasteiger partial charge < -0.3 is 19.4 Å². The molecular weight excluding hydrogens is 460 g/mol. The Bertz CT molecular complexity index is 1010. The summed E-state index contributed by atoms with van der Waals surface area (Å²) in [5, 5.41) is 16.0. The number of anilines is 1. The number of amides is 1. The van der Waals surface area contributed by atoms with Gasteiger partial charge in [-0.25, -0.2) is 18.1 Å². The van der Waals surface area contributed by atoms with Crippen molar-refractivity contribution in [1.82, 2.24) is 9.71 Å². The normalized spacial score (nSPS) is 13.1. The molecule has 176 valence electrons. The summed E-state index contributed by atoms with van der Waals surface area (Å²) in [6, 6.07) is 5.58. The zero-order valence-corrected chi connectivity index (χ0v) is 19.5. The summed E-state index contributed by atoms with van der Waals surface area (Å²) in [6.45, 7) is 2.01. The number of carbonyl (C=O) groups excluding carboxylic acids is 1. The Morgan fingerprint density at radius 2 is 1.97 bits per heavy atom. The standard InChI is InChI=1S/C19H26N4O7S2/c1-13(11-24)30-23-17(18(25)22-19-20-10-15(31-19)12-29-3)14-4-6-16(7-5-14)32(26,27)21-8-9-28-2/h4-7,10,13,21,24H,8-9,11-12H2,1-3H3,(H,20,22,25)/b23-17+/t13-/m1/s1. The highest BCUT2D eigenvalue weighted by Gasteiger charge is 2.20. The summed E-state index contributed by atoms with van der Waals surface area (Å²) in [6.07, 6.45) is 0.942. The molecule has 1 atom stereocenters. The number of aliphatic hydroxyl groups excluding tert-OH is 1. The molecule has 11 nitrogen and oxygen atoms in total. The largest absolute Gasteiger partial charge is 0.392 e. The quantitative estimate of drug-likeness (QED) is 0.215. The second-order valence-electron chi connectivity index (χ2n) is 6.47. The Balaban J connectivity index is 2.24. The highest BCUT2D eigenvalue weighted by Crippen LogP contribution is 2.19. The number of aliphatic hydroxyl groups is 1. The van der Waals surface area contributed by atoms with Crippen LogP contribution in [0.1, 0.15) is 17.4 Å². The van der Waals surface area contributed by atoms with E-state index in [1.54, 1.807) is 20.2 Å². The maximum Gasteiger partial charge on any atom is 0.280 e. The molecule has 1 amide bonds. The summed E-state index contributed by atoms with van der Waals surface area (Å²) < 4.78 is 36.9. The molecule has 1 heterocycles. The third-order valence-corrected chi connectivity index (χ3v) is 6.26. The van der Waals surface area contributed by atoms with Gasteiger partial charge in [-0.2, -0.15) is 0 Å². The second kappa shape index (κ2) is 12.6. The van der Waals surface area contributed by atoms with E-state index < -0.39 is 22.0 Å². The third kappa shape index (κ3) is 7.62. The van der Waals surface area contributed by atoms with Crippen molar-refractivity contribution in [3.63, 3.8) is 0 Å². The van der Waals surface area contributed by atoms with E-state index in [2.05, 4.69) is 20.2 Å². The van der Waals surface area contributed by atoms with Crippen LogP contribution < -0.4 is 10.0 Å². The van der Waals surface area contributed by atoms with Gasteiger partial charge in [0.25, 0.3) is 5.91 Å². The molecule has 1 aromatic carbocycles. The van der Waals surface area contributed by atoms with Crippen molar-refractivity contribution >= 4 is 38.1 Å². The summed E-state index contributed by atoms with van der Waals surface area (Å²) in [5.74, 6) is -0.609. The molecule has 0 saturated carbocycles. The molecule has 0 fully saturated rings. The van der Waals surface area contributed by atoms with Crippen molar-refractivity contribution in [3.05, 3.63) is 40.9 Å². The Labute approximate surface area is 190 Å². The minimum atomic E-state index is -3.73. The minimum absolute atomic E-state index is 0.0193. The Kier molecular flexibility index (Phi) is 10.2. The molecule has 2 rings (SSSR count). The smallest absolute Gasteiger partial charge is 0.280 e.